The molecule has 2 rings (SSSR count). The lowest BCUT2D eigenvalue weighted by atomic mass is 10.1. The Hall–Kier alpha value is -1.87. The van der Waals surface area contributed by atoms with Crippen LogP contribution in [-0.2, 0) is 0 Å². The number of carbonyl (C=O) groups is 1. The Morgan fingerprint density at radius 1 is 1.11 bits per heavy atom. The SMILES string of the molecule is Cc1cccc(C)c1NC(=O)c1cccnc1.Cl. The van der Waals surface area contributed by atoms with Crippen LogP contribution in [0.5, 0.6) is 0 Å². The average Bonchev–Trinajstić information content (AvgIpc) is 2.35. The van der Waals surface area contributed by atoms with Gasteiger partial charge in [-0.05, 0) is 37.1 Å². The number of hydrogen-bond acceptors (Lipinski definition) is 2. The van der Waals surface area contributed by atoms with E-state index in [9.17, 15) is 4.79 Å². The van der Waals surface area contributed by atoms with Crippen molar-refractivity contribution in [3.63, 3.8) is 0 Å². The Balaban J connectivity index is 0.00000162. The van der Waals surface area contributed by atoms with Crippen LogP contribution in [0.4, 0.5) is 5.69 Å². The summed E-state index contributed by atoms with van der Waals surface area (Å²) in [5.74, 6) is -0.129. The van der Waals surface area contributed by atoms with Crippen LogP contribution in [-0.4, -0.2) is 10.9 Å². The zero-order valence-corrected chi connectivity index (χ0v) is 11.1. The molecule has 0 bridgehead atoms. The van der Waals surface area contributed by atoms with Gasteiger partial charge in [0.2, 0.25) is 0 Å². The van der Waals surface area contributed by atoms with Gasteiger partial charge in [-0.15, -0.1) is 12.4 Å². The zero-order chi connectivity index (χ0) is 12.3. The Kier molecular flexibility index (Phi) is 4.86. The van der Waals surface area contributed by atoms with Gasteiger partial charge in [0.15, 0.2) is 0 Å². The van der Waals surface area contributed by atoms with Crippen molar-refractivity contribution in [2.45, 2.75) is 13.8 Å². The first-order valence-corrected chi connectivity index (χ1v) is 5.46. The molecule has 2 aromatic rings. The van der Waals surface area contributed by atoms with E-state index in [4.69, 9.17) is 0 Å². The summed E-state index contributed by atoms with van der Waals surface area (Å²) in [5.41, 5.74) is 3.56. The lowest BCUT2D eigenvalue weighted by Gasteiger charge is -2.11. The number of halogens is 1. The molecular formula is C14H15ClN2O. The summed E-state index contributed by atoms with van der Waals surface area (Å²) in [6.07, 6.45) is 3.21. The van der Waals surface area contributed by atoms with E-state index in [0.29, 0.717) is 5.56 Å². The first-order chi connectivity index (χ1) is 8.18. The molecule has 4 heteroatoms. The number of pyridine rings is 1. The number of nitrogens with one attached hydrogen (secondary N) is 1. The Bertz CT molecular complexity index is 520. The molecule has 0 aliphatic rings. The van der Waals surface area contributed by atoms with E-state index >= 15 is 0 Å². The summed E-state index contributed by atoms with van der Waals surface area (Å²) in [6.45, 7) is 3.96. The first-order valence-electron chi connectivity index (χ1n) is 5.46. The minimum atomic E-state index is -0.129. The summed E-state index contributed by atoms with van der Waals surface area (Å²) in [5, 5.41) is 2.92. The number of para-hydroxylation sites is 1. The van der Waals surface area contributed by atoms with Gasteiger partial charge in [-0.2, -0.15) is 0 Å². The fraction of sp³-hybridized carbons (Fsp3) is 0.143. The molecule has 1 aromatic heterocycles. The van der Waals surface area contributed by atoms with Crippen molar-refractivity contribution < 1.29 is 4.79 Å². The highest BCUT2D eigenvalue weighted by Gasteiger charge is 2.08. The van der Waals surface area contributed by atoms with Crippen LogP contribution in [0.25, 0.3) is 0 Å². The molecule has 3 nitrogen and oxygen atoms in total. The molecule has 94 valence electrons. The third-order valence-electron chi connectivity index (χ3n) is 2.64. The van der Waals surface area contributed by atoms with Crippen molar-refractivity contribution >= 4 is 24.0 Å². The molecule has 0 aliphatic carbocycles. The summed E-state index contributed by atoms with van der Waals surface area (Å²) in [4.78, 5) is 15.9. The van der Waals surface area contributed by atoms with Gasteiger partial charge < -0.3 is 5.32 Å². The molecule has 0 spiro atoms. The fourth-order valence-corrected chi connectivity index (χ4v) is 1.69. The van der Waals surface area contributed by atoms with Crippen LogP contribution in [0.1, 0.15) is 21.5 Å². The second kappa shape index (κ2) is 6.17. The molecule has 0 saturated heterocycles. The van der Waals surface area contributed by atoms with Crippen LogP contribution in [0, 0.1) is 13.8 Å². The number of hydrogen-bond donors (Lipinski definition) is 1. The number of carbonyl (C=O) groups excluding carboxylic acids is 1. The highest BCUT2D eigenvalue weighted by molar-refractivity contribution is 6.04. The molecule has 0 aliphatic heterocycles. The topological polar surface area (TPSA) is 42.0 Å². The van der Waals surface area contributed by atoms with Gasteiger partial charge >= 0.3 is 0 Å². The van der Waals surface area contributed by atoms with E-state index in [-0.39, 0.29) is 18.3 Å². The molecule has 0 radical (unpaired) electrons. The summed E-state index contributed by atoms with van der Waals surface area (Å²) < 4.78 is 0. The Morgan fingerprint density at radius 3 is 2.33 bits per heavy atom. The minimum Gasteiger partial charge on any atom is -0.321 e. The molecule has 1 amide bonds. The number of benzene rings is 1. The maximum Gasteiger partial charge on any atom is 0.257 e. The van der Waals surface area contributed by atoms with Gasteiger partial charge in [0.1, 0.15) is 0 Å². The predicted octanol–water partition coefficient (Wildman–Crippen LogP) is 3.37. The third kappa shape index (κ3) is 3.08. The number of anilines is 1. The van der Waals surface area contributed by atoms with Crippen molar-refractivity contribution in [3.05, 3.63) is 59.4 Å². The number of aromatic nitrogens is 1. The summed E-state index contributed by atoms with van der Waals surface area (Å²) in [6, 6.07) is 9.43. The fourth-order valence-electron chi connectivity index (χ4n) is 1.69. The lowest BCUT2D eigenvalue weighted by Crippen LogP contribution is -2.13. The molecule has 1 N–H and O–H groups in total. The van der Waals surface area contributed by atoms with Gasteiger partial charge in [0.05, 0.1) is 5.56 Å². The standard InChI is InChI=1S/C14H14N2O.ClH/c1-10-5-3-6-11(2)13(10)16-14(17)12-7-4-8-15-9-12;/h3-9H,1-2H3,(H,16,17);1H. The minimum absolute atomic E-state index is 0. The van der Waals surface area contributed by atoms with Crippen molar-refractivity contribution in [2.75, 3.05) is 5.32 Å². The number of aryl methyl sites for hydroxylation is 2. The van der Waals surface area contributed by atoms with Gasteiger partial charge in [-0.25, -0.2) is 0 Å². The van der Waals surface area contributed by atoms with Crippen molar-refractivity contribution in [2.24, 2.45) is 0 Å². The number of nitrogens with zero attached hydrogens (tertiary/aromatic N) is 1. The van der Waals surface area contributed by atoms with Gasteiger partial charge in [-0.3, -0.25) is 9.78 Å². The average molecular weight is 263 g/mol. The van der Waals surface area contributed by atoms with Crippen LogP contribution < -0.4 is 5.32 Å². The van der Waals surface area contributed by atoms with Crippen LogP contribution in [0.3, 0.4) is 0 Å². The molecule has 0 atom stereocenters. The van der Waals surface area contributed by atoms with E-state index in [1.54, 1.807) is 24.5 Å². The van der Waals surface area contributed by atoms with Crippen LogP contribution >= 0.6 is 12.4 Å². The Morgan fingerprint density at radius 2 is 1.78 bits per heavy atom. The van der Waals surface area contributed by atoms with Crippen molar-refractivity contribution in [1.29, 1.82) is 0 Å². The maximum absolute atomic E-state index is 12.0. The monoisotopic (exact) mass is 262 g/mol. The van der Waals surface area contributed by atoms with Gasteiger partial charge in [0.25, 0.3) is 5.91 Å². The Labute approximate surface area is 113 Å². The van der Waals surface area contributed by atoms with Gasteiger partial charge in [0, 0.05) is 18.1 Å². The largest absolute Gasteiger partial charge is 0.321 e. The van der Waals surface area contributed by atoms with Crippen LogP contribution in [0.2, 0.25) is 0 Å². The smallest absolute Gasteiger partial charge is 0.257 e. The van der Waals surface area contributed by atoms with E-state index in [2.05, 4.69) is 10.3 Å². The first kappa shape index (κ1) is 14.2. The molecule has 1 heterocycles. The van der Waals surface area contributed by atoms with Crippen molar-refractivity contribution in [3.8, 4) is 0 Å². The molecule has 18 heavy (non-hydrogen) atoms. The number of rotatable bonds is 2. The van der Waals surface area contributed by atoms with E-state index in [1.165, 1.54) is 0 Å². The number of amides is 1. The predicted molar refractivity (Wildman–Crippen MR) is 75.4 cm³/mol. The van der Waals surface area contributed by atoms with Crippen LogP contribution in [0.15, 0.2) is 42.7 Å². The van der Waals surface area contributed by atoms with Gasteiger partial charge in [-0.1, -0.05) is 18.2 Å². The maximum atomic E-state index is 12.0. The normalized spacial score (nSPS) is 9.44. The van der Waals surface area contributed by atoms with E-state index in [0.717, 1.165) is 16.8 Å². The second-order valence-corrected chi connectivity index (χ2v) is 3.96. The van der Waals surface area contributed by atoms with E-state index < -0.39 is 0 Å². The lowest BCUT2D eigenvalue weighted by molar-refractivity contribution is 0.102. The van der Waals surface area contributed by atoms with Crippen molar-refractivity contribution in [1.82, 2.24) is 4.98 Å². The molecule has 0 unspecified atom stereocenters. The highest BCUT2D eigenvalue weighted by Crippen LogP contribution is 2.20. The molecule has 0 saturated carbocycles. The summed E-state index contributed by atoms with van der Waals surface area (Å²) >= 11 is 0. The van der Waals surface area contributed by atoms with E-state index in [1.807, 2.05) is 32.0 Å². The zero-order valence-electron chi connectivity index (χ0n) is 10.3. The molecule has 0 fully saturated rings. The molecule has 1 aromatic carbocycles. The second-order valence-electron chi connectivity index (χ2n) is 3.96. The highest BCUT2D eigenvalue weighted by atomic mass is 35.5. The molecular weight excluding hydrogens is 248 g/mol. The summed E-state index contributed by atoms with van der Waals surface area (Å²) in [7, 11) is 0. The third-order valence-corrected chi connectivity index (χ3v) is 2.64. The quantitative estimate of drug-likeness (QED) is 0.902.